The van der Waals surface area contributed by atoms with Crippen LogP contribution in [0.5, 0.6) is 5.75 Å². The molecule has 30 heavy (non-hydrogen) atoms. The maximum Gasteiger partial charge on any atom is 0.225 e. The molecule has 7 heteroatoms. The normalized spacial score (nSPS) is 16.8. The van der Waals surface area contributed by atoms with E-state index >= 15 is 0 Å². The fourth-order valence-electron chi connectivity index (χ4n) is 4.11. The van der Waals surface area contributed by atoms with Crippen LogP contribution in [0.2, 0.25) is 0 Å². The Morgan fingerprint density at radius 1 is 1.23 bits per heavy atom. The number of benzene rings is 1. The molecule has 0 bridgehead atoms. The molecule has 3 aromatic rings. The highest BCUT2D eigenvalue weighted by atomic mass is 16.5. The summed E-state index contributed by atoms with van der Waals surface area (Å²) in [6, 6.07) is 8.38. The van der Waals surface area contributed by atoms with Gasteiger partial charge in [0.1, 0.15) is 5.75 Å². The van der Waals surface area contributed by atoms with E-state index in [1.54, 1.807) is 7.11 Å². The molecule has 0 radical (unpaired) electrons. The first-order valence-corrected chi connectivity index (χ1v) is 10.4. The average molecular weight is 407 g/mol. The Morgan fingerprint density at radius 3 is 2.77 bits per heavy atom. The highest BCUT2D eigenvalue weighted by Crippen LogP contribution is 2.38. The minimum Gasteiger partial charge on any atom is -0.497 e. The molecule has 0 unspecified atom stereocenters. The SMILES string of the molecule is COc1cccc(-c2cnc(N(C)C)nc2[C@H]2CCCN2Cc2cnn(C)c2C)c1. The summed E-state index contributed by atoms with van der Waals surface area (Å²) in [5, 5.41) is 4.42. The van der Waals surface area contributed by atoms with Crippen LogP contribution >= 0.6 is 0 Å². The van der Waals surface area contributed by atoms with Crippen molar-refractivity contribution in [1.82, 2.24) is 24.6 Å². The lowest BCUT2D eigenvalue weighted by molar-refractivity contribution is 0.244. The first kappa shape index (κ1) is 20.3. The van der Waals surface area contributed by atoms with Crippen LogP contribution in [-0.4, -0.2) is 52.4 Å². The van der Waals surface area contributed by atoms with Crippen molar-refractivity contribution < 1.29 is 4.74 Å². The molecule has 0 amide bonds. The summed E-state index contributed by atoms with van der Waals surface area (Å²) in [6.45, 7) is 4.06. The largest absolute Gasteiger partial charge is 0.497 e. The molecular weight excluding hydrogens is 376 g/mol. The number of methoxy groups -OCH3 is 1. The van der Waals surface area contributed by atoms with E-state index in [9.17, 15) is 0 Å². The second kappa shape index (κ2) is 8.44. The van der Waals surface area contributed by atoms with Crippen LogP contribution in [0.3, 0.4) is 0 Å². The van der Waals surface area contributed by atoms with Gasteiger partial charge in [0.05, 0.1) is 25.0 Å². The third-order valence-electron chi connectivity index (χ3n) is 5.98. The van der Waals surface area contributed by atoms with Crippen molar-refractivity contribution in [2.75, 3.05) is 32.6 Å². The number of rotatable bonds is 6. The quantitative estimate of drug-likeness (QED) is 0.623. The molecule has 158 valence electrons. The zero-order valence-electron chi connectivity index (χ0n) is 18.5. The highest BCUT2D eigenvalue weighted by molar-refractivity contribution is 5.68. The van der Waals surface area contributed by atoms with E-state index in [0.717, 1.165) is 54.4 Å². The fourth-order valence-corrected chi connectivity index (χ4v) is 4.11. The fraction of sp³-hybridized carbons (Fsp3) is 0.435. The van der Waals surface area contributed by atoms with E-state index in [1.165, 1.54) is 11.3 Å². The lowest BCUT2D eigenvalue weighted by atomic mass is 9.99. The number of anilines is 1. The third kappa shape index (κ3) is 3.89. The monoisotopic (exact) mass is 406 g/mol. The highest BCUT2D eigenvalue weighted by Gasteiger charge is 2.31. The van der Waals surface area contributed by atoms with Crippen molar-refractivity contribution in [3.05, 3.63) is 53.6 Å². The minimum atomic E-state index is 0.243. The van der Waals surface area contributed by atoms with Gasteiger partial charge >= 0.3 is 0 Å². The van der Waals surface area contributed by atoms with Gasteiger partial charge in [0.15, 0.2) is 0 Å². The van der Waals surface area contributed by atoms with Crippen LogP contribution in [0, 0.1) is 6.92 Å². The molecule has 4 rings (SSSR count). The average Bonchev–Trinajstić information content (AvgIpc) is 3.35. The predicted molar refractivity (Wildman–Crippen MR) is 119 cm³/mol. The van der Waals surface area contributed by atoms with Crippen LogP contribution in [0.15, 0.2) is 36.7 Å². The molecule has 0 spiro atoms. The molecular formula is C23H30N6O. The Balaban J connectivity index is 1.75. The molecule has 7 nitrogen and oxygen atoms in total. The Labute approximate surface area is 178 Å². The van der Waals surface area contributed by atoms with Crippen molar-refractivity contribution in [1.29, 1.82) is 0 Å². The standard InChI is InChI=1S/C23H30N6O/c1-16-18(13-25-28(16)4)15-29-11-7-10-21(29)22-20(14-24-23(26-22)27(2)3)17-8-6-9-19(12-17)30-5/h6,8-9,12-14,21H,7,10-11,15H2,1-5H3/t21-/m1/s1. The maximum atomic E-state index is 5.45. The third-order valence-corrected chi connectivity index (χ3v) is 5.98. The predicted octanol–water partition coefficient (Wildman–Crippen LogP) is 3.60. The van der Waals surface area contributed by atoms with Gasteiger partial charge in [0.25, 0.3) is 0 Å². The summed E-state index contributed by atoms with van der Waals surface area (Å²) in [6.07, 6.45) is 6.18. The van der Waals surface area contributed by atoms with Crippen molar-refractivity contribution in [3.8, 4) is 16.9 Å². The summed E-state index contributed by atoms with van der Waals surface area (Å²) in [7, 11) is 7.65. The molecule has 1 fully saturated rings. The van der Waals surface area contributed by atoms with Gasteiger partial charge < -0.3 is 9.64 Å². The summed E-state index contributed by atoms with van der Waals surface area (Å²) in [5.74, 6) is 1.57. The van der Waals surface area contributed by atoms with Crippen LogP contribution in [0.1, 0.15) is 35.8 Å². The number of hydrogen-bond acceptors (Lipinski definition) is 6. The molecule has 1 aromatic carbocycles. The lowest BCUT2D eigenvalue weighted by Gasteiger charge is -2.26. The number of likely N-dealkylation sites (tertiary alicyclic amines) is 1. The van der Waals surface area contributed by atoms with Crippen LogP contribution in [0.25, 0.3) is 11.1 Å². The zero-order valence-corrected chi connectivity index (χ0v) is 18.5. The molecule has 0 aliphatic carbocycles. The Hall–Kier alpha value is -2.93. The minimum absolute atomic E-state index is 0.243. The van der Waals surface area contributed by atoms with E-state index in [0.29, 0.717) is 0 Å². The number of aryl methyl sites for hydroxylation is 1. The van der Waals surface area contributed by atoms with Crippen molar-refractivity contribution in [3.63, 3.8) is 0 Å². The molecule has 0 N–H and O–H groups in total. The van der Waals surface area contributed by atoms with Crippen LogP contribution in [-0.2, 0) is 13.6 Å². The number of aromatic nitrogens is 4. The molecule has 2 aromatic heterocycles. The number of nitrogens with zero attached hydrogens (tertiary/aromatic N) is 6. The van der Waals surface area contributed by atoms with Gasteiger partial charge in [-0.2, -0.15) is 5.10 Å². The maximum absolute atomic E-state index is 5.45. The molecule has 1 atom stereocenters. The first-order chi connectivity index (χ1) is 14.5. The lowest BCUT2D eigenvalue weighted by Crippen LogP contribution is -2.25. The first-order valence-electron chi connectivity index (χ1n) is 10.4. The smallest absolute Gasteiger partial charge is 0.225 e. The summed E-state index contributed by atoms with van der Waals surface area (Å²) in [4.78, 5) is 14.1. The molecule has 0 saturated carbocycles. The van der Waals surface area contributed by atoms with E-state index in [-0.39, 0.29) is 6.04 Å². The Bertz CT molecular complexity index is 1030. The van der Waals surface area contributed by atoms with Gasteiger partial charge in [-0.25, -0.2) is 9.97 Å². The van der Waals surface area contributed by atoms with Gasteiger partial charge in [-0.3, -0.25) is 9.58 Å². The van der Waals surface area contributed by atoms with Gasteiger partial charge in [-0.05, 0) is 44.0 Å². The second-order valence-corrected chi connectivity index (χ2v) is 8.10. The number of hydrogen-bond donors (Lipinski definition) is 0. The van der Waals surface area contributed by atoms with Gasteiger partial charge in [0.2, 0.25) is 5.95 Å². The van der Waals surface area contributed by atoms with Crippen molar-refractivity contribution >= 4 is 5.95 Å². The number of ether oxygens (including phenoxy) is 1. The van der Waals surface area contributed by atoms with E-state index in [4.69, 9.17) is 9.72 Å². The van der Waals surface area contributed by atoms with Crippen LogP contribution in [0.4, 0.5) is 5.95 Å². The van der Waals surface area contributed by atoms with Gasteiger partial charge in [-0.15, -0.1) is 0 Å². The molecule has 3 heterocycles. The molecule has 1 aliphatic heterocycles. The van der Waals surface area contributed by atoms with Crippen LogP contribution < -0.4 is 9.64 Å². The molecule has 1 aliphatic rings. The topological polar surface area (TPSA) is 59.3 Å². The van der Waals surface area contributed by atoms with E-state index < -0.39 is 0 Å². The summed E-state index contributed by atoms with van der Waals surface area (Å²) < 4.78 is 7.39. The van der Waals surface area contributed by atoms with E-state index in [2.05, 4.69) is 34.0 Å². The van der Waals surface area contributed by atoms with E-state index in [1.807, 2.05) is 55.3 Å². The summed E-state index contributed by atoms with van der Waals surface area (Å²) in [5.41, 5.74) is 5.72. The van der Waals surface area contributed by atoms with Gasteiger partial charge in [0, 0.05) is 50.7 Å². The van der Waals surface area contributed by atoms with Gasteiger partial charge in [-0.1, -0.05) is 12.1 Å². The molecule has 1 saturated heterocycles. The van der Waals surface area contributed by atoms with Crippen molar-refractivity contribution in [2.45, 2.75) is 32.4 Å². The zero-order chi connectivity index (χ0) is 21.3. The second-order valence-electron chi connectivity index (χ2n) is 8.10. The van der Waals surface area contributed by atoms with Crippen molar-refractivity contribution in [2.24, 2.45) is 7.05 Å². The Kier molecular flexibility index (Phi) is 5.72. The Morgan fingerprint density at radius 2 is 2.07 bits per heavy atom. The summed E-state index contributed by atoms with van der Waals surface area (Å²) >= 11 is 0.